The van der Waals surface area contributed by atoms with E-state index >= 15 is 0 Å². The highest BCUT2D eigenvalue weighted by Crippen LogP contribution is 2.27. The molecule has 0 aliphatic carbocycles. The molecule has 2 aromatic heterocycles. The Morgan fingerprint density at radius 2 is 1.77 bits per heavy atom. The molecule has 0 aliphatic rings. The lowest BCUT2D eigenvalue weighted by Crippen LogP contribution is -2.05. The highest BCUT2D eigenvalue weighted by molar-refractivity contribution is 5.85. The van der Waals surface area contributed by atoms with E-state index in [0.717, 1.165) is 40.8 Å². The van der Waals surface area contributed by atoms with E-state index in [2.05, 4.69) is 28.1 Å². The van der Waals surface area contributed by atoms with Crippen molar-refractivity contribution >= 4 is 18.2 Å². The molecule has 7 nitrogen and oxygen atoms in total. The molecule has 0 radical (unpaired) electrons. The monoisotopic (exact) mass is 437 g/mol. The molecule has 160 valence electrons. The maximum Gasteiger partial charge on any atom is 0.255 e. The van der Waals surface area contributed by atoms with E-state index in [1.54, 1.807) is 6.92 Å². The van der Waals surface area contributed by atoms with Crippen LogP contribution >= 0.6 is 12.4 Å². The number of aromatic nitrogens is 4. The summed E-state index contributed by atoms with van der Waals surface area (Å²) in [6.45, 7) is 3.87. The van der Waals surface area contributed by atoms with E-state index in [9.17, 15) is 10.4 Å². The zero-order valence-corrected chi connectivity index (χ0v) is 18.1. The Morgan fingerprint density at radius 3 is 2.45 bits per heavy atom. The Morgan fingerprint density at radius 1 is 1.06 bits per heavy atom. The molecule has 0 saturated heterocycles. The van der Waals surface area contributed by atoms with Gasteiger partial charge >= 0.3 is 0 Å². The fraction of sp³-hybridized carbons (Fsp3) is 0.217. The van der Waals surface area contributed by atoms with Gasteiger partial charge in [-0.25, -0.2) is 4.98 Å². The molecule has 0 fully saturated rings. The molecule has 2 aromatic carbocycles. The quantitative estimate of drug-likeness (QED) is 0.509. The highest BCUT2D eigenvalue weighted by atomic mass is 35.5. The molecule has 31 heavy (non-hydrogen) atoms. The molecule has 0 aliphatic heterocycles. The van der Waals surface area contributed by atoms with E-state index < -0.39 is 0 Å². The Hall–Kier alpha value is -3.47. The number of hydrogen-bond donors (Lipinski definition) is 1. The normalized spacial score (nSPS) is 10.2. The molecule has 4 rings (SSSR count). The molecule has 8 heteroatoms. The van der Waals surface area contributed by atoms with Gasteiger partial charge in [0.1, 0.15) is 5.82 Å². The zero-order chi connectivity index (χ0) is 20.4. The summed E-state index contributed by atoms with van der Waals surface area (Å²) in [7, 11) is 0. The van der Waals surface area contributed by atoms with Crippen molar-refractivity contribution in [3.8, 4) is 23.1 Å². The molecular formula is C23H24ClN5O2. The van der Waals surface area contributed by atoms with Crippen LogP contribution in [0.2, 0.25) is 0 Å². The van der Waals surface area contributed by atoms with Crippen LogP contribution in [-0.4, -0.2) is 30.2 Å². The minimum atomic E-state index is 0. The molecule has 0 amide bonds. The predicted molar refractivity (Wildman–Crippen MR) is 121 cm³/mol. The van der Waals surface area contributed by atoms with Gasteiger partial charge in [-0.2, -0.15) is 14.8 Å². The van der Waals surface area contributed by atoms with Crippen molar-refractivity contribution < 1.29 is 10.6 Å². The Bertz CT molecular complexity index is 1230. The van der Waals surface area contributed by atoms with E-state index in [0.29, 0.717) is 23.6 Å². The number of aryl methyl sites for hydroxylation is 2. The molecule has 0 spiro atoms. The first kappa shape index (κ1) is 23.8. The molecule has 3 N–H and O–H groups in total. The lowest BCUT2D eigenvalue weighted by Gasteiger charge is -2.12. The van der Waals surface area contributed by atoms with Crippen molar-refractivity contribution in [3.05, 3.63) is 76.7 Å². The smallest absolute Gasteiger partial charge is 0.255 e. The third-order valence-corrected chi connectivity index (χ3v) is 4.93. The standard InChI is InChI=1S/C23H21N5O.ClH.H2O/c1-3-6-21-20(22(29)28-23(26-21)25-15(2)27-28)13-16-9-11-17(12-10-16)19-8-5-4-7-18(19)14-24;;/h4-5,7-12,29H,3,6,13H2,1-2H3;1H;1H2. The minimum absolute atomic E-state index is 0. The zero-order valence-electron chi connectivity index (χ0n) is 17.3. The first-order valence-corrected chi connectivity index (χ1v) is 9.63. The number of nitriles is 1. The van der Waals surface area contributed by atoms with Gasteiger partial charge in [0.05, 0.1) is 17.3 Å². The van der Waals surface area contributed by atoms with Crippen LogP contribution < -0.4 is 0 Å². The third kappa shape index (κ3) is 4.66. The topological polar surface area (TPSA) is 119 Å². The number of halogens is 1. The lowest BCUT2D eigenvalue weighted by atomic mass is 9.97. The van der Waals surface area contributed by atoms with Crippen LogP contribution in [0.25, 0.3) is 16.9 Å². The fourth-order valence-corrected chi connectivity index (χ4v) is 3.53. The van der Waals surface area contributed by atoms with Gasteiger partial charge in [0.25, 0.3) is 5.78 Å². The summed E-state index contributed by atoms with van der Waals surface area (Å²) >= 11 is 0. The summed E-state index contributed by atoms with van der Waals surface area (Å²) in [6.07, 6.45) is 2.23. The summed E-state index contributed by atoms with van der Waals surface area (Å²) in [5.74, 6) is 1.10. The van der Waals surface area contributed by atoms with Crippen molar-refractivity contribution in [3.63, 3.8) is 0 Å². The maximum absolute atomic E-state index is 10.8. The highest BCUT2D eigenvalue weighted by Gasteiger charge is 2.17. The second kappa shape index (κ2) is 10.0. The Balaban J connectivity index is 0.00000171. The van der Waals surface area contributed by atoms with E-state index in [4.69, 9.17) is 0 Å². The maximum atomic E-state index is 10.8. The molecule has 0 saturated carbocycles. The van der Waals surface area contributed by atoms with Crippen LogP contribution in [0.3, 0.4) is 0 Å². The summed E-state index contributed by atoms with van der Waals surface area (Å²) in [6, 6.07) is 17.9. The summed E-state index contributed by atoms with van der Waals surface area (Å²) in [4.78, 5) is 8.90. The van der Waals surface area contributed by atoms with Crippen LogP contribution in [0.15, 0.2) is 48.5 Å². The van der Waals surface area contributed by atoms with Crippen LogP contribution in [0.4, 0.5) is 0 Å². The molecule has 0 atom stereocenters. The van der Waals surface area contributed by atoms with Crippen molar-refractivity contribution in [2.24, 2.45) is 0 Å². The molecular weight excluding hydrogens is 414 g/mol. The minimum Gasteiger partial charge on any atom is -0.493 e. The van der Waals surface area contributed by atoms with Gasteiger partial charge in [-0.05, 0) is 36.1 Å². The molecule has 2 heterocycles. The second-order valence-electron chi connectivity index (χ2n) is 7.01. The number of rotatable bonds is 5. The SMILES string of the molecule is CCCc1nc2nc(C)nn2c(O)c1Cc1ccc(-c2ccccc2C#N)cc1.Cl.O. The number of hydrogen-bond acceptors (Lipinski definition) is 5. The van der Waals surface area contributed by atoms with Crippen LogP contribution in [0.1, 0.15) is 41.6 Å². The molecule has 0 unspecified atom stereocenters. The van der Waals surface area contributed by atoms with Crippen LogP contribution in [0.5, 0.6) is 5.88 Å². The number of benzene rings is 2. The van der Waals surface area contributed by atoms with Gasteiger partial charge < -0.3 is 10.6 Å². The van der Waals surface area contributed by atoms with Crippen molar-refractivity contribution in [1.29, 1.82) is 5.26 Å². The number of fused-ring (bicyclic) bond motifs is 1. The van der Waals surface area contributed by atoms with Crippen molar-refractivity contribution in [2.75, 3.05) is 0 Å². The van der Waals surface area contributed by atoms with E-state index in [-0.39, 0.29) is 23.8 Å². The third-order valence-electron chi connectivity index (χ3n) is 4.93. The summed E-state index contributed by atoms with van der Waals surface area (Å²) in [5.41, 5.74) is 5.23. The van der Waals surface area contributed by atoms with Crippen LogP contribution in [-0.2, 0) is 12.8 Å². The lowest BCUT2D eigenvalue weighted by molar-refractivity contribution is 0.426. The largest absolute Gasteiger partial charge is 0.493 e. The van der Waals surface area contributed by atoms with E-state index in [1.807, 2.05) is 48.5 Å². The second-order valence-corrected chi connectivity index (χ2v) is 7.01. The molecule has 4 aromatic rings. The van der Waals surface area contributed by atoms with Gasteiger partial charge in [-0.1, -0.05) is 55.8 Å². The van der Waals surface area contributed by atoms with Gasteiger partial charge in [0.15, 0.2) is 0 Å². The van der Waals surface area contributed by atoms with Gasteiger partial charge in [0, 0.05) is 12.0 Å². The predicted octanol–water partition coefficient (Wildman–Crippen LogP) is 3.82. The van der Waals surface area contributed by atoms with Crippen molar-refractivity contribution in [2.45, 2.75) is 33.1 Å². The fourth-order valence-electron chi connectivity index (χ4n) is 3.53. The van der Waals surface area contributed by atoms with Crippen LogP contribution in [0, 0.1) is 18.3 Å². The Labute approximate surface area is 186 Å². The van der Waals surface area contributed by atoms with E-state index in [1.165, 1.54) is 4.52 Å². The first-order valence-electron chi connectivity index (χ1n) is 9.63. The van der Waals surface area contributed by atoms with Crippen molar-refractivity contribution in [1.82, 2.24) is 19.6 Å². The van der Waals surface area contributed by atoms with Gasteiger partial charge in [-0.3, -0.25) is 0 Å². The average molecular weight is 438 g/mol. The summed E-state index contributed by atoms with van der Waals surface area (Å²) in [5, 5.41) is 24.4. The van der Waals surface area contributed by atoms with Gasteiger partial charge in [0.2, 0.25) is 5.88 Å². The average Bonchev–Trinajstić information content (AvgIpc) is 3.12. The first-order chi connectivity index (χ1) is 14.1. The molecule has 0 bridgehead atoms. The summed E-state index contributed by atoms with van der Waals surface area (Å²) < 4.78 is 1.40. The number of aromatic hydroxyl groups is 1. The number of nitrogens with zero attached hydrogens (tertiary/aromatic N) is 5. The Kier molecular flexibility index (Phi) is 7.70. The van der Waals surface area contributed by atoms with Gasteiger partial charge in [-0.15, -0.1) is 17.5 Å².